The first-order valence-electron chi connectivity index (χ1n) is 13.4. The van der Waals surface area contributed by atoms with E-state index in [1.165, 1.54) is 11.2 Å². The van der Waals surface area contributed by atoms with Crippen molar-refractivity contribution in [2.24, 2.45) is 5.41 Å². The number of nitrogens with one attached hydrogen (secondary N) is 5. The highest BCUT2D eigenvalue weighted by Crippen LogP contribution is 2.47. The summed E-state index contributed by atoms with van der Waals surface area (Å²) in [6.45, 7) is 6.95. The minimum atomic E-state index is -2.49. The van der Waals surface area contributed by atoms with Crippen LogP contribution in [0.3, 0.4) is 0 Å². The Bertz CT molecular complexity index is 1700. The van der Waals surface area contributed by atoms with Gasteiger partial charge < -0.3 is 16.1 Å². The number of anilines is 2. The number of hydrogen-bond acceptors (Lipinski definition) is 8. The summed E-state index contributed by atoms with van der Waals surface area (Å²) in [6.07, 6.45) is 3.28. The van der Waals surface area contributed by atoms with E-state index in [4.69, 9.17) is 11.6 Å². The van der Waals surface area contributed by atoms with Crippen LogP contribution in [-0.4, -0.2) is 38.7 Å². The van der Waals surface area contributed by atoms with Crippen LogP contribution < -0.4 is 21.6 Å². The third kappa shape index (κ3) is 4.98. The van der Waals surface area contributed by atoms with Crippen LogP contribution in [0.2, 0.25) is 5.02 Å². The quantitative estimate of drug-likeness (QED) is 0.168. The van der Waals surface area contributed by atoms with E-state index in [9.17, 15) is 14.0 Å². The smallest absolute Gasteiger partial charge is 0.262 e. The largest absolute Gasteiger partial charge is 0.383 e. The molecule has 4 aromatic rings. The molecule has 5 N–H and O–H groups in total. The molecule has 2 aromatic heterocycles. The third-order valence-corrected chi connectivity index (χ3v) is 7.82. The third-order valence-electron chi connectivity index (χ3n) is 7.53. The van der Waals surface area contributed by atoms with Gasteiger partial charge in [-0.3, -0.25) is 15.1 Å². The maximum atomic E-state index is 13.9. The number of fused-ring (bicyclic) bond motifs is 2. The molecule has 2 aromatic carbocycles. The molecule has 1 saturated carbocycles. The zero-order valence-corrected chi connectivity index (χ0v) is 23.6. The molecule has 9 nitrogen and oxygen atoms in total. The first kappa shape index (κ1) is 27.1. The molecule has 3 heterocycles. The van der Waals surface area contributed by atoms with E-state index < -0.39 is 18.0 Å². The molecule has 0 saturated heterocycles. The van der Waals surface area contributed by atoms with Crippen molar-refractivity contribution in [3.8, 4) is 6.07 Å². The molecule has 1 fully saturated rings. The second kappa shape index (κ2) is 10.0. The van der Waals surface area contributed by atoms with E-state index in [1.54, 1.807) is 18.5 Å². The Hall–Kier alpha value is -4.14. The number of alkyl halides is 2. The van der Waals surface area contributed by atoms with Crippen LogP contribution in [0.5, 0.6) is 0 Å². The number of nitrogens with zero attached hydrogens (tertiary/aromatic N) is 4. The van der Waals surface area contributed by atoms with E-state index >= 15 is 0 Å². The van der Waals surface area contributed by atoms with E-state index in [1.807, 2.05) is 24.3 Å². The molecular weight excluding hydrogens is 548 g/mol. The Balaban J connectivity index is 1.44. The molecular formula is C29H30ClF2N9. The predicted octanol–water partition coefficient (Wildman–Crippen LogP) is 6.21. The highest BCUT2D eigenvalue weighted by atomic mass is 35.5. The fourth-order valence-electron chi connectivity index (χ4n) is 5.11. The van der Waals surface area contributed by atoms with Crippen LogP contribution in [0.1, 0.15) is 50.8 Å². The van der Waals surface area contributed by atoms with Gasteiger partial charge in [0.05, 0.1) is 45.2 Å². The molecule has 41 heavy (non-hydrogen) atoms. The molecule has 0 spiro atoms. The number of rotatable bonds is 8. The van der Waals surface area contributed by atoms with Crippen molar-refractivity contribution in [3.63, 3.8) is 0 Å². The maximum Gasteiger partial charge on any atom is 0.262 e. The molecule has 1 aliphatic carbocycles. The summed E-state index contributed by atoms with van der Waals surface area (Å²) < 4.78 is 27.8. The lowest BCUT2D eigenvalue weighted by Gasteiger charge is -2.25. The number of aromatic amines is 1. The lowest BCUT2D eigenvalue weighted by molar-refractivity contribution is 0.00911. The van der Waals surface area contributed by atoms with Crippen molar-refractivity contribution in [3.05, 3.63) is 70.8 Å². The summed E-state index contributed by atoms with van der Waals surface area (Å²) in [5.41, 5.74) is 9.47. The first-order valence-corrected chi connectivity index (χ1v) is 13.7. The molecule has 0 radical (unpaired) electrons. The molecule has 0 bridgehead atoms. The van der Waals surface area contributed by atoms with Gasteiger partial charge in [0.15, 0.2) is 0 Å². The van der Waals surface area contributed by atoms with Crippen molar-refractivity contribution in [1.82, 2.24) is 31.2 Å². The second-order valence-corrected chi connectivity index (χ2v) is 12.2. The van der Waals surface area contributed by atoms with Crippen LogP contribution >= 0.6 is 11.6 Å². The van der Waals surface area contributed by atoms with Crippen LogP contribution in [0.15, 0.2) is 54.6 Å². The van der Waals surface area contributed by atoms with Crippen molar-refractivity contribution in [2.45, 2.75) is 51.6 Å². The van der Waals surface area contributed by atoms with Gasteiger partial charge in [-0.1, -0.05) is 44.5 Å². The van der Waals surface area contributed by atoms with Crippen LogP contribution in [0.25, 0.3) is 21.8 Å². The van der Waals surface area contributed by atoms with Crippen molar-refractivity contribution < 1.29 is 8.78 Å². The van der Waals surface area contributed by atoms with Crippen LogP contribution in [0.4, 0.5) is 20.2 Å². The number of benzene rings is 2. The monoisotopic (exact) mass is 577 g/mol. The molecule has 2 aliphatic rings. The molecule has 0 unspecified atom stereocenters. The Labute approximate surface area is 240 Å². The SMILES string of the molecule is CC(C)(C)CNc1c(C#N)cnc2c(Cl)cc(N[C@H](C3=CN(C4(C(F)F)CC4)NN3)c3cccc4[nH]ncc34)cc12. The first-order chi connectivity index (χ1) is 19.6. The molecule has 0 amide bonds. The number of hydrogen-bond donors (Lipinski definition) is 5. The summed E-state index contributed by atoms with van der Waals surface area (Å²) in [7, 11) is 0. The highest BCUT2D eigenvalue weighted by Gasteiger charge is 2.56. The minimum Gasteiger partial charge on any atom is -0.383 e. The molecule has 1 aliphatic heterocycles. The van der Waals surface area contributed by atoms with Gasteiger partial charge in [0, 0.05) is 35.4 Å². The van der Waals surface area contributed by atoms with Crippen molar-refractivity contribution >= 4 is 44.8 Å². The van der Waals surface area contributed by atoms with Crippen LogP contribution in [-0.2, 0) is 0 Å². The Morgan fingerprint density at radius 3 is 2.71 bits per heavy atom. The number of aromatic nitrogens is 3. The van der Waals surface area contributed by atoms with Gasteiger partial charge >= 0.3 is 0 Å². The summed E-state index contributed by atoms with van der Waals surface area (Å²) in [5, 5.41) is 27.5. The summed E-state index contributed by atoms with van der Waals surface area (Å²) in [4.78, 5) is 4.46. The number of nitriles is 1. The summed E-state index contributed by atoms with van der Waals surface area (Å²) >= 11 is 6.75. The van der Waals surface area contributed by atoms with Gasteiger partial charge in [-0.15, -0.1) is 5.53 Å². The maximum absolute atomic E-state index is 13.9. The predicted molar refractivity (Wildman–Crippen MR) is 156 cm³/mol. The number of halogens is 3. The van der Waals surface area contributed by atoms with Gasteiger partial charge in [-0.05, 0) is 42.0 Å². The molecule has 12 heteroatoms. The topological polar surface area (TPSA) is 117 Å². The van der Waals surface area contributed by atoms with E-state index in [2.05, 4.69) is 63.6 Å². The van der Waals surface area contributed by atoms with Gasteiger partial charge in [-0.25, -0.2) is 8.78 Å². The van der Waals surface area contributed by atoms with Gasteiger partial charge in [-0.2, -0.15) is 10.4 Å². The summed E-state index contributed by atoms with van der Waals surface area (Å²) in [5.74, 6) is 0. The fourth-order valence-corrected chi connectivity index (χ4v) is 5.38. The zero-order valence-electron chi connectivity index (χ0n) is 22.8. The van der Waals surface area contributed by atoms with E-state index in [0.29, 0.717) is 57.9 Å². The standard InChI is InChI=1S/C29H30ClF2N9/c1-28(2,3)15-35-24-16(11-33)12-34-25-19(24)9-17(10-21(25)30)37-26(18-5-4-6-22-20(18)13-36-38-22)23-14-41(40-39-23)29(7-8-29)27(31)32/h4-6,9-10,12-14,26-27,37,39-40H,7-8,15H2,1-3H3,(H,34,35)(H,36,38)/t26-/m0/s1. The van der Waals surface area contributed by atoms with E-state index in [-0.39, 0.29) is 5.41 Å². The highest BCUT2D eigenvalue weighted by molar-refractivity contribution is 6.35. The van der Waals surface area contributed by atoms with Crippen LogP contribution in [0, 0.1) is 16.7 Å². The molecule has 1 atom stereocenters. The number of pyridine rings is 1. The number of hydrazine groups is 2. The summed E-state index contributed by atoms with van der Waals surface area (Å²) in [6, 6.07) is 11.2. The second-order valence-electron chi connectivity index (χ2n) is 11.8. The van der Waals surface area contributed by atoms with Crippen molar-refractivity contribution in [2.75, 3.05) is 17.2 Å². The number of H-pyrrole nitrogens is 1. The van der Waals surface area contributed by atoms with Gasteiger partial charge in [0.2, 0.25) is 0 Å². The fraction of sp³-hybridized carbons (Fsp3) is 0.345. The van der Waals surface area contributed by atoms with Crippen molar-refractivity contribution in [1.29, 1.82) is 5.26 Å². The van der Waals surface area contributed by atoms with Gasteiger partial charge in [0.1, 0.15) is 11.6 Å². The average Bonchev–Trinajstić information content (AvgIpc) is 3.35. The van der Waals surface area contributed by atoms with E-state index in [0.717, 1.165) is 16.5 Å². The molecule has 6 rings (SSSR count). The average molecular weight is 578 g/mol. The Morgan fingerprint density at radius 1 is 1.20 bits per heavy atom. The molecule has 212 valence electrons. The lowest BCUT2D eigenvalue weighted by Crippen LogP contribution is -2.48. The zero-order chi connectivity index (χ0) is 28.9. The minimum absolute atomic E-state index is 0.0347. The normalized spacial score (nSPS) is 16.9. The Morgan fingerprint density at radius 2 is 2.00 bits per heavy atom. The Kier molecular flexibility index (Phi) is 6.63. The lowest BCUT2D eigenvalue weighted by atomic mass is 9.96. The van der Waals surface area contributed by atoms with Gasteiger partial charge in [0.25, 0.3) is 6.43 Å².